The number of carbonyl (C=O) groups excluding carboxylic acids is 3. The Bertz CT molecular complexity index is 1050. The van der Waals surface area contributed by atoms with Crippen molar-refractivity contribution in [2.24, 2.45) is 17.6 Å². The van der Waals surface area contributed by atoms with Crippen molar-refractivity contribution in [2.75, 3.05) is 18.1 Å². The number of nitrogens with two attached hydrogens (primary N) is 1. The van der Waals surface area contributed by atoms with Crippen LogP contribution in [0.1, 0.15) is 52.5 Å². The first-order valence-corrected chi connectivity index (χ1v) is 11.3. The van der Waals surface area contributed by atoms with E-state index >= 15 is 0 Å². The second kappa shape index (κ2) is 8.11. The number of hydrogen-bond donors (Lipinski definition) is 1. The number of ketones is 1. The molecule has 1 aromatic rings. The van der Waals surface area contributed by atoms with Crippen molar-refractivity contribution in [3.05, 3.63) is 52.6 Å². The molecule has 0 saturated carbocycles. The van der Waals surface area contributed by atoms with Crippen LogP contribution in [0.3, 0.4) is 0 Å². The third-order valence-corrected chi connectivity index (χ3v) is 6.43. The fourth-order valence-electron chi connectivity index (χ4n) is 5.07. The largest absolute Gasteiger partial charge is 0.462 e. The summed E-state index contributed by atoms with van der Waals surface area (Å²) in [7, 11) is 0. The second-order valence-corrected chi connectivity index (χ2v) is 9.20. The maximum atomic E-state index is 14.3. The van der Waals surface area contributed by atoms with Gasteiger partial charge in [0, 0.05) is 30.6 Å². The summed E-state index contributed by atoms with van der Waals surface area (Å²) in [5.41, 5.74) is 6.06. The van der Waals surface area contributed by atoms with Crippen LogP contribution in [0, 0.1) is 11.8 Å². The van der Waals surface area contributed by atoms with Crippen LogP contribution < -0.4 is 10.6 Å². The number of rotatable bonds is 5. The molecule has 0 saturated heterocycles. The molecule has 1 aliphatic carbocycles. The van der Waals surface area contributed by atoms with Crippen molar-refractivity contribution in [1.29, 1.82) is 0 Å². The minimum absolute atomic E-state index is 0.0547. The van der Waals surface area contributed by atoms with Crippen molar-refractivity contribution in [3.8, 4) is 0 Å². The van der Waals surface area contributed by atoms with Gasteiger partial charge < -0.3 is 20.1 Å². The van der Waals surface area contributed by atoms with E-state index in [1.165, 1.54) is 0 Å². The number of benzene rings is 1. The van der Waals surface area contributed by atoms with Crippen LogP contribution in [0.25, 0.3) is 0 Å². The molecular weight excluding hydrogens is 408 g/mol. The SMILES string of the molecule is CCOC(=O)C1=C(N)OC2=C(C(=O)C[C@@H](C)C2)[C@@]12C(=O)N(CCC(C)C)c1ccccc12. The molecule has 32 heavy (non-hydrogen) atoms. The van der Waals surface area contributed by atoms with E-state index < -0.39 is 11.4 Å². The smallest absolute Gasteiger partial charge is 0.341 e. The molecule has 1 aromatic carbocycles. The van der Waals surface area contributed by atoms with Crippen molar-refractivity contribution >= 4 is 23.3 Å². The monoisotopic (exact) mass is 438 g/mol. The van der Waals surface area contributed by atoms with Crippen molar-refractivity contribution in [1.82, 2.24) is 0 Å². The zero-order chi connectivity index (χ0) is 23.2. The van der Waals surface area contributed by atoms with Crippen LogP contribution in [0.15, 0.2) is 47.1 Å². The Kier molecular flexibility index (Phi) is 5.61. The Morgan fingerprint density at radius 2 is 2.00 bits per heavy atom. The first-order chi connectivity index (χ1) is 15.2. The fraction of sp³-hybridized carbons (Fsp3) is 0.480. The minimum Gasteiger partial charge on any atom is -0.462 e. The van der Waals surface area contributed by atoms with Crippen LogP contribution in [0.2, 0.25) is 0 Å². The third kappa shape index (κ3) is 3.14. The van der Waals surface area contributed by atoms with Gasteiger partial charge >= 0.3 is 5.97 Å². The highest BCUT2D eigenvalue weighted by atomic mass is 16.5. The molecule has 2 aliphatic heterocycles. The molecule has 7 nitrogen and oxygen atoms in total. The van der Waals surface area contributed by atoms with Gasteiger partial charge in [-0.05, 0) is 31.2 Å². The quantitative estimate of drug-likeness (QED) is 0.708. The fourth-order valence-corrected chi connectivity index (χ4v) is 5.07. The lowest BCUT2D eigenvalue weighted by molar-refractivity contribution is -0.141. The summed E-state index contributed by atoms with van der Waals surface area (Å²) in [6.07, 6.45) is 1.53. The van der Waals surface area contributed by atoms with Gasteiger partial charge in [0.05, 0.1) is 12.2 Å². The van der Waals surface area contributed by atoms with E-state index in [0.29, 0.717) is 35.9 Å². The molecule has 0 unspecified atom stereocenters. The maximum absolute atomic E-state index is 14.3. The number of para-hydroxylation sites is 1. The topological polar surface area (TPSA) is 98.9 Å². The Morgan fingerprint density at radius 1 is 1.28 bits per heavy atom. The van der Waals surface area contributed by atoms with Gasteiger partial charge in [-0.3, -0.25) is 9.59 Å². The Balaban J connectivity index is 2.02. The molecule has 0 fully saturated rings. The predicted octanol–water partition coefficient (Wildman–Crippen LogP) is 3.33. The summed E-state index contributed by atoms with van der Waals surface area (Å²) in [6, 6.07) is 7.32. The van der Waals surface area contributed by atoms with Gasteiger partial charge in [0.2, 0.25) is 11.8 Å². The molecule has 170 valence electrons. The lowest BCUT2D eigenvalue weighted by Crippen LogP contribution is -2.52. The summed E-state index contributed by atoms with van der Waals surface area (Å²) in [6.45, 7) is 8.39. The number of allylic oxidation sites excluding steroid dienone is 1. The van der Waals surface area contributed by atoms with Gasteiger partial charge in [-0.2, -0.15) is 0 Å². The highest BCUT2D eigenvalue weighted by Gasteiger charge is 2.63. The van der Waals surface area contributed by atoms with E-state index in [-0.39, 0.29) is 47.7 Å². The van der Waals surface area contributed by atoms with Gasteiger partial charge in [0.1, 0.15) is 16.7 Å². The molecular formula is C25H30N2O5. The van der Waals surface area contributed by atoms with Gasteiger partial charge in [-0.15, -0.1) is 0 Å². The first kappa shape index (κ1) is 22.1. The molecule has 0 bridgehead atoms. The number of hydrogen-bond acceptors (Lipinski definition) is 6. The van der Waals surface area contributed by atoms with E-state index in [0.717, 1.165) is 6.42 Å². The van der Waals surface area contributed by atoms with E-state index in [1.54, 1.807) is 17.9 Å². The molecule has 4 rings (SSSR count). The van der Waals surface area contributed by atoms with E-state index in [1.807, 2.05) is 25.1 Å². The Morgan fingerprint density at radius 3 is 2.69 bits per heavy atom. The van der Waals surface area contributed by atoms with Crippen LogP contribution >= 0.6 is 0 Å². The second-order valence-electron chi connectivity index (χ2n) is 9.20. The highest BCUT2D eigenvalue weighted by Crippen LogP contribution is 2.56. The van der Waals surface area contributed by atoms with Crippen molar-refractivity contribution < 1.29 is 23.9 Å². The molecule has 7 heteroatoms. The number of esters is 1. The maximum Gasteiger partial charge on any atom is 0.341 e. The highest BCUT2D eigenvalue weighted by molar-refractivity contribution is 6.23. The zero-order valence-corrected chi connectivity index (χ0v) is 19.1. The molecule has 0 radical (unpaired) electrons. The van der Waals surface area contributed by atoms with Gasteiger partial charge in [0.25, 0.3) is 0 Å². The lowest BCUT2D eigenvalue weighted by atomic mass is 9.64. The number of carbonyl (C=O) groups is 3. The third-order valence-electron chi connectivity index (χ3n) is 6.43. The molecule has 1 spiro atoms. The normalized spacial score (nSPS) is 24.8. The van der Waals surface area contributed by atoms with Crippen LogP contribution in [-0.4, -0.2) is 30.8 Å². The summed E-state index contributed by atoms with van der Waals surface area (Å²) in [5, 5.41) is 0. The van der Waals surface area contributed by atoms with E-state index in [9.17, 15) is 14.4 Å². The minimum atomic E-state index is -1.64. The summed E-state index contributed by atoms with van der Waals surface area (Å²) in [4.78, 5) is 42.6. The summed E-state index contributed by atoms with van der Waals surface area (Å²) in [5.74, 6) is -0.633. The first-order valence-electron chi connectivity index (χ1n) is 11.3. The van der Waals surface area contributed by atoms with Crippen LogP contribution in [0.5, 0.6) is 0 Å². The average Bonchev–Trinajstić information content (AvgIpc) is 2.94. The number of ether oxygens (including phenoxy) is 2. The van der Waals surface area contributed by atoms with E-state index in [4.69, 9.17) is 15.2 Å². The van der Waals surface area contributed by atoms with Gasteiger partial charge in [-0.1, -0.05) is 39.0 Å². The molecule has 3 aliphatic rings. The van der Waals surface area contributed by atoms with Gasteiger partial charge in [0.15, 0.2) is 5.78 Å². The van der Waals surface area contributed by atoms with Crippen molar-refractivity contribution in [3.63, 3.8) is 0 Å². The molecule has 2 atom stereocenters. The number of amides is 1. The molecule has 2 heterocycles. The van der Waals surface area contributed by atoms with E-state index in [2.05, 4.69) is 13.8 Å². The van der Waals surface area contributed by atoms with Gasteiger partial charge in [-0.25, -0.2) is 4.79 Å². The summed E-state index contributed by atoms with van der Waals surface area (Å²) >= 11 is 0. The molecule has 2 N–H and O–H groups in total. The number of anilines is 1. The molecule has 1 amide bonds. The standard InChI is InChI=1S/C25H30N2O5/c1-5-31-23(29)21-22(26)32-19-13-15(4)12-18(28)20(19)25(21)16-8-6-7-9-17(16)27(24(25)30)11-10-14(2)3/h6-9,14-15H,5,10-13,26H2,1-4H3/t15-,25-/m1/s1. The predicted molar refractivity (Wildman–Crippen MR) is 119 cm³/mol. The van der Waals surface area contributed by atoms with Crippen molar-refractivity contribution in [2.45, 2.75) is 52.4 Å². The van der Waals surface area contributed by atoms with Crippen LogP contribution in [0.4, 0.5) is 5.69 Å². The number of fused-ring (bicyclic) bond motifs is 3. The zero-order valence-electron chi connectivity index (χ0n) is 19.1. The van der Waals surface area contributed by atoms with Crippen LogP contribution in [-0.2, 0) is 29.3 Å². The lowest BCUT2D eigenvalue weighted by Gasteiger charge is -2.40. The number of Topliss-reactive ketones (excluding diaryl/α,β-unsaturated/α-hetero) is 1. The number of nitrogens with zero attached hydrogens (tertiary/aromatic N) is 1. The Hall–Kier alpha value is -3.09. The molecule has 0 aromatic heterocycles. The average molecular weight is 439 g/mol. The summed E-state index contributed by atoms with van der Waals surface area (Å²) < 4.78 is 11.1. The Labute approximate surface area is 188 Å².